The molecule has 2 nitrogen and oxygen atoms in total. The molecule has 3 heteroatoms. The van der Waals surface area contributed by atoms with Crippen molar-refractivity contribution in [1.82, 2.24) is 0 Å². The zero-order chi connectivity index (χ0) is 13.5. The van der Waals surface area contributed by atoms with Crippen molar-refractivity contribution in [2.24, 2.45) is 11.7 Å². The lowest BCUT2D eigenvalue weighted by atomic mass is 10.0. The predicted octanol–water partition coefficient (Wildman–Crippen LogP) is 3.58. The van der Waals surface area contributed by atoms with Crippen LogP contribution in [0, 0.1) is 5.92 Å². The van der Waals surface area contributed by atoms with Crippen LogP contribution in [0.25, 0.3) is 0 Å². The standard InChI is InChI=1S/C15H24N2S/c1-4-12(5-2)11-17(6-3)14-9-7-13(8-10-14)15(16)18/h7-10,12H,4-6,11H2,1-3H3,(H2,16,18). The fraction of sp³-hybridized carbons (Fsp3) is 0.533. The number of nitrogens with two attached hydrogens (primary N) is 1. The van der Waals surface area contributed by atoms with Gasteiger partial charge in [-0.2, -0.15) is 0 Å². The molecule has 0 radical (unpaired) electrons. The zero-order valence-corrected chi connectivity index (χ0v) is 12.5. The van der Waals surface area contributed by atoms with Gasteiger partial charge < -0.3 is 10.6 Å². The van der Waals surface area contributed by atoms with Crippen LogP contribution in [0.5, 0.6) is 0 Å². The number of hydrogen-bond donors (Lipinski definition) is 1. The van der Waals surface area contributed by atoms with Crippen molar-refractivity contribution in [3.05, 3.63) is 29.8 Å². The second kappa shape index (κ2) is 7.37. The first-order valence-electron chi connectivity index (χ1n) is 6.77. The van der Waals surface area contributed by atoms with E-state index in [-0.39, 0.29) is 0 Å². The van der Waals surface area contributed by atoms with Crippen molar-refractivity contribution in [2.75, 3.05) is 18.0 Å². The van der Waals surface area contributed by atoms with E-state index in [0.717, 1.165) is 24.6 Å². The molecule has 0 aromatic heterocycles. The first-order valence-corrected chi connectivity index (χ1v) is 7.17. The molecule has 0 amide bonds. The van der Waals surface area contributed by atoms with E-state index < -0.39 is 0 Å². The molecule has 0 saturated carbocycles. The second-order valence-corrected chi connectivity index (χ2v) is 5.07. The molecule has 1 aromatic rings. The van der Waals surface area contributed by atoms with Crippen LogP contribution in [-0.4, -0.2) is 18.1 Å². The third-order valence-electron chi connectivity index (χ3n) is 3.53. The number of benzene rings is 1. The Labute approximate surface area is 116 Å². The van der Waals surface area contributed by atoms with Crippen LogP contribution in [0.15, 0.2) is 24.3 Å². The molecule has 0 aliphatic heterocycles. The van der Waals surface area contributed by atoms with E-state index in [2.05, 4.69) is 37.8 Å². The van der Waals surface area contributed by atoms with Gasteiger partial charge in [-0.25, -0.2) is 0 Å². The van der Waals surface area contributed by atoms with E-state index >= 15 is 0 Å². The lowest BCUT2D eigenvalue weighted by molar-refractivity contribution is 0.486. The topological polar surface area (TPSA) is 29.3 Å². The van der Waals surface area contributed by atoms with E-state index in [4.69, 9.17) is 18.0 Å². The molecule has 1 rings (SSSR count). The van der Waals surface area contributed by atoms with Crippen molar-refractivity contribution in [3.63, 3.8) is 0 Å². The fourth-order valence-electron chi connectivity index (χ4n) is 2.11. The van der Waals surface area contributed by atoms with Crippen LogP contribution in [-0.2, 0) is 0 Å². The summed E-state index contributed by atoms with van der Waals surface area (Å²) in [5, 5.41) is 0. The van der Waals surface area contributed by atoms with Crippen molar-refractivity contribution in [3.8, 4) is 0 Å². The Hall–Kier alpha value is -1.09. The molecule has 0 atom stereocenters. The summed E-state index contributed by atoms with van der Waals surface area (Å²) in [6, 6.07) is 8.24. The fourth-order valence-corrected chi connectivity index (χ4v) is 2.25. The maximum absolute atomic E-state index is 5.61. The highest BCUT2D eigenvalue weighted by molar-refractivity contribution is 7.80. The Morgan fingerprint density at radius 3 is 2.11 bits per heavy atom. The van der Waals surface area contributed by atoms with Gasteiger partial charge in [0.05, 0.1) is 0 Å². The summed E-state index contributed by atoms with van der Waals surface area (Å²) < 4.78 is 0. The van der Waals surface area contributed by atoms with Gasteiger partial charge in [-0.05, 0) is 37.1 Å². The maximum Gasteiger partial charge on any atom is 0.103 e. The SMILES string of the molecule is CCC(CC)CN(CC)c1ccc(C(N)=S)cc1. The maximum atomic E-state index is 5.61. The summed E-state index contributed by atoms with van der Waals surface area (Å²) in [6.07, 6.45) is 2.47. The monoisotopic (exact) mass is 264 g/mol. The quantitative estimate of drug-likeness (QED) is 0.763. The van der Waals surface area contributed by atoms with Crippen LogP contribution in [0.4, 0.5) is 5.69 Å². The van der Waals surface area contributed by atoms with E-state index in [1.54, 1.807) is 0 Å². The highest BCUT2D eigenvalue weighted by atomic mass is 32.1. The van der Waals surface area contributed by atoms with Crippen LogP contribution in [0.2, 0.25) is 0 Å². The summed E-state index contributed by atoms with van der Waals surface area (Å²) in [6.45, 7) is 8.87. The summed E-state index contributed by atoms with van der Waals surface area (Å²) >= 11 is 4.97. The zero-order valence-electron chi connectivity index (χ0n) is 11.6. The Morgan fingerprint density at radius 2 is 1.72 bits per heavy atom. The van der Waals surface area contributed by atoms with E-state index in [1.165, 1.54) is 18.5 Å². The third kappa shape index (κ3) is 3.98. The van der Waals surface area contributed by atoms with Gasteiger partial charge in [0.1, 0.15) is 4.99 Å². The van der Waals surface area contributed by atoms with Gasteiger partial charge in [0, 0.05) is 24.3 Å². The summed E-state index contributed by atoms with van der Waals surface area (Å²) in [5.74, 6) is 0.764. The van der Waals surface area contributed by atoms with Crippen molar-refractivity contribution in [1.29, 1.82) is 0 Å². The number of hydrogen-bond acceptors (Lipinski definition) is 2. The van der Waals surface area contributed by atoms with Crippen molar-refractivity contribution >= 4 is 22.9 Å². The molecule has 0 spiro atoms. The number of thiocarbonyl (C=S) groups is 1. The molecule has 18 heavy (non-hydrogen) atoms. The Bertz CT molecular complexity index is 369. The van der Waals surface area contributed by atoms with Crippen LogP contribution in [0.3, 0.4) is 0 Å². The highest BCUT2D eigenvalue weighted by Crippen LogP contribution is 2.19. The molecule has 0 aliphatic carbocycles. The molecule has 0 bridgehead atoms. The molecular weight excluding hydrogens is 240 g/mol. The molecule has 0 fully saturated rings. The second-order valence-electron chi connectivity index (χ2n) is 4.63. The summed E-state index contributed by atoms with van der Waals surface area (Å²) in [7, 11) is 0. The summed E-state index contributed by atoms with van der Waals surface area (Å²) in [5.41, 5.74) is 7.81. The Balaban J connectivity index is 2.78. The Kier molecular flexibility index (Phi) is 6.13. The van der Waals surface area contributed by atoms with Crippen LogP contribution < -0.4 is 10.6 Å². The molecular formula is C15H24N2S. The molecule has 0 heterocycles. The average Bonchev–Trinajstić information content (AvgIpc) is 2.40. The van der Waals surface area contributed by atoms with Crippen molar-refractivity contribution < 1.29 is 0 Å². The van der Waals surface area contributed by atoms with Gasteiger partial charge in [-0.3, -0.25) is 0 Å². The van der Waals surface area contributed by atoms with E-state index in [0.29, 0.717) is 4.99 Å². The minimum Gasteiger partial charge on any atom is -0.389 e. The van der Waals surface area contributed by atoms with Gasteiger partial charge in [-0.1, -0.05) is 38.9 Å². The Morgan fingerprint density at radius 1 is 1.17 bits per heavy atom. The molecule has 1 aromatic carbocycles. The van der Waals surface area contributed by atoms with Gasteiger partial charge in [0.25, 0.3) is 0 Å². The number of anilines is 1. The van der Waals surface area contributed by atoms with E-state index in [1.807, 2.05) is 12.1 Å². The normalized spacial score (nSPS) is 10.7. The lowest BCUT2D eigenvalue weighted by Crippen LogP contribution is -2.29. The van der Waals surface area contributed by atoms with Gasteiger partial charge in [0.2, 0.25) is 0 Å². The minimum atomic E-state index is 0.463. The molecule has 100 valence electrons. The summed E-state index contributed by atoms with van der Waals surface area (Å²) in [4.78, 5) is 2.88. The van der Waals surface area contributed by atoms with Crippen LogP contribution in [0.1, 0.15) is 39.2 Å². The lowest BCUT2D eigenvalue weighted by Gasteiger charge is -2.27. The van der Waals surface area contributed by atoms with Gasteiger partial charge >= 0.3 is 0 Å². The largest absolute Gasteiger partial charge is 0.389 e. The first kappa shape index (κ1) is 15.0. The molecule has 0 saturated heterocycles. The highest BCUT2D eigenvalue weighted by Gasteiger charge is 2.10. The van der Waals surface area contributed by atoms with Gasteiger partial charge in [0.15, 0.2) is 0 Å². The number of rotatable bonds is 7. The predicted molar refractivity (Wildman–Crippen MR) is 84.3 cm³/mol. The molecule has 0 unspecified atom stereocenters. The minimum absolute atomic E-state index is 0.463. The molecule has 0 aliphatic rings. The molecule has 2 N–H and O–H groups in total. The van der Waals surface area contributed by atoms with Gasteiger partial charge in [-0.15, -0.1) is 0 Å². The van der Waals surface area contributed by atoms with Crippen LogP contribution >= 0.6 is 12.2 Å². The number of nitrogens with zero attached hydrogens (tertiary/aromatic N) is 1. The van der Waals surface area contributed by atoms with E-state index in [9.17, 15) is 0 Å². The first-order chi connectivity index (χ1) is 8.62. The average molecular weight is 264 g/mol. The van der Waals surface area contributed by atoms with Crippen molar-refractivity contribution in [2.45, 2.75) is 33.6 Å². The third-order valence-corrected chi connectivity index (χ3v) is 3.77. The smallest absolute Gasteiger partial charge is 0.103 e.